The van der Waals surface area contributed by atoms with Gasteiger partial charge in [0.25, 0.3) is 5.91 Å². The third-order valence-electron chi connectivity index (χ3n) is 11.4. The number of Topliss-reactive ketones (excluding diaryl/α,β-unsaturated/α-hetero) is 2. The Morgan fingerprint density at radius 2 is 1.64 bits per heavy atom. The smallest absolute Gasteiger partial charge is 0.255 e. The van der Waals surface area contributed by atoms with E-state index in [1.165, 1.54) is 0 Å². The Labute approximate surface area is 290 Å². The third kappa shape index (κ3) is 5.58. The molecule has 1 amide bonds. The average molecular weight is 691 g/mol. The SMILES string of the molecule is CCC1OC(Cc2ccccc2CCc2cc(N(C)C)c3c(c2O)C(O)=C2C(=O)C4(O)C(O)=C(C(N)=O)C(=O)CC4CC2C3)C(O)C(C)C1O. The van der Waals surface area contributed by atoms with Crippen molar-refractivity contribution in [2.24, 2.45) is 23.5 Å². The number of hydrogen-bond acceptors (Lipinski definition) is 11. The van der Waals surface area contributed by atoms with Crippen LogP contribution in [0.3, 0.4) is 0 Å². The number of ether oxygens (including phenoxy) is 1. The average Bonchev–Trinajstić information content (AvgIpc) is 3.06. The molecule has 0 radical (unpaired) electrons. The van der Waals surface area contributed by atoms with Gasteiger partial charge in [-0.2, -0.15) is 0 Å². The van der Waals surface area contributed by atoms with Gasteiger partial charge in [0, 0.05) is 50.0 Å². The number of fused-ring (bicyclic) bond motifs is 3. The summed E-state index contributed by atoms with van der Waals surface area (Å²) in [7, 11) is 3.66. The Balaban J connectivity index is 1.34. The first-order valence-corrected chi connectivity index (χ1v) is 17.2. The summed E-state index contributed by atoms with van der Waals surface area (Å²) in [5.74, 6) is -6.91. The minimum absolute atomic E-state index is 0.0588. The van der Waals surface area contributed by atoms with Crippen molar-refractivity contribution in [3.05, 3.63) is 75.1 Å². The molecule has 8 atom stereocenters. The number of carbonyl (C=O) groups is 3. The molecule has 1 saturated heterocycles. The van der Waals surface area contributed by atoms with E-state index in [2.05, 4.69) is 0 Å². The number of hydrogen-bond donors (Lipinski definition) is 7. The van der Waals surface area contributed by atoms with Crippen LogP contribution in [0.1, 0.15) is 60.9 Å². The maximum atomic E-state index is 14.0. The second-order valence-corrected chi connectivity index (χ2v) is 14.5. The van der Waals surface area contributed by atoms with E-state index in [0.29, 0.717) is 36.8 Å². The number of primary amides is 1. The summed E-state index contributed by atoms with van der Waals surface area (Å²) in [6.45, 7) is 3.76. The topological polar surface area (TPSA) is 211 Å². The number of benzene rings is 2. The summed E-state index contributed by atoms with van der Waals surface area (Å²) in [4.78, 5) is 40.5. The van der Waals surface area contributed by atoms with Crippen LogP contribution in [-0.2, 0) is 44.8 Å². The summed E-state index contributed by atoms with van der Waals surface area (Å²) in [5, 5.41) is 67.4. The number of aliphatic hydroxyl groups is 5. The van der Waals surface area contributed by atoms with Crippen LogP contribution >= 0.6 is 0 Å². The number of ketones is 2. The molecule has 6 rings (SSSR count). The first-order chi connectivity index (χ1) is 23.6. The number of carbonyl (C=O) groups excluding carboxylic acids is 3. The number of aromatic hydroxyl groups is 1. The van der Waals surface area contributed by atoms with Crippen LogP contribution in [0.5, 0.6) is 5.75 Å². The number of rotatable bonds is 8. The molecule has 8 unspecified atom stereocenters. The highest BCUT2D eigenvalue weighted by molar-refractivity contribution is 6.22. The van der Waals surface area contributed by atoms with Crippen molar-refractivity contribution >= 4 is 28.9 Å². The largest absolute Gasteiger partial charge is 0.508 e. The standard InChI is InChI=1S/C38H46N2O10/c1-5-26-31(42)17(2)32(43)27(50-26)15-19-9-7-6-8-18(19)10-11-20-14-24(40(3)4)23-13-21-12-22-16-25(41)30(37(39)48)36(47)38(22,49)35(46)28(21)34(45)29(23)33(20)44/h6-9,14,17,21-22,26-27,31-32,42-45,47,49H,5,10-13,15-16H2,1-4H3,(H2,39,48). The summed E-state index contributed by atoms with van der Waals surface area (Å²) in [6.07, 6.45) is -0.719. The molecule has 4 aliphatic rings. The molecule has 2 aromatic carbocycles. The highest BCUT2D eigenvalue weighted by atomic mass is 16.5. The molecule has 12 heteroatoms. The maximum absolute atomic E-state index is 14.0. The minimum atomic E-state index is -2.63. The molecule has 50 heavy (non-hydrogen) atoms. The van der Waals surface area contributed by atoms with Crippen LogP contribution in [-0.4, -0.2) is 92.2 Å². The fourth-order valence-corrected chi connectivity index (χ4v) is 8.57. The van der Waals surface area contributed by atoms with Crippen molar-refractivity contribution in [2.75, 3.05) is 19.0 Å². The van der Waals surface area contributed by atoms with Crippen LogP contribution in [0.15, 0.2) is 47.2 Å². The Morgan fingerprint density at radius 3 is 2.28 bits per heavy atom. The van der Waals surface area contributed by atoms with Crippen LogP contribution in [0.2, 0.25) is 0 Å². The van der Waals surface area contributed by atoms with Gasteiger partial charge >= 0.3 is 0 Å². The monoisotopic (exact) mass is 690 g/mol. The van der Waals surface area contributed by atoms with Gasteiger partial charge < -0.3 is 46.0 Å². The van der Waals surface area contributed by atoms with Crippen molar-refractivity contribution in [1.29, 1.82) is 0 Å². The first-order valence-electron chi connectivity index (χ1n) is 17.2. The molecule has 1 saturated carbocycles. The molecular weight excluding hydrogens is 644 g/mol. The number of amides is 1. The lowest BCUT2D eigenvalue weighted by atomic mass is 9.59. The van der Waals surface area contributed by atoms with Gasteiger partial charge in [0.05, 0.1) is 30.0 Å². The van der Waals surface area contributed by atoms with Gasteiger partial charge in [0.15, 0.2) is 11.4 Å². The van der Waals surface area contributed by atoms with Crippen LogP contribution < -0.4 is 10.6 Å². The van der Waals surface area contributed by atoms with Gasteiger partial charge in [-0.1, -0.05) is 38.1 Å². The summed E-state index contributed by atoms with van der Waals surface area (Å²) >= 11 is 0. The van der Waals surface area contributed by atoms with E-state index in [4.69, 9.17) is 10.5 Å². The van der Waals surface area contributed by atoms with E-state index in [0.717, 1.165) is 16.8 Å². The van der Waals surface area contributed by atoms with Crippen molar-refractivity contribution < 1.29 is 49.8 Å². The Kier molecular flexibility index (Phi) is 9.36. The first kappa shape index (κ1) is 35.6. The van der Waals surface area contributed by atoms with Gasteiger partial charge in [-0.15, -0.1) is 0 Å². The highest BCUT2D eigenvalue weighted by Crippen LogP contribution is 2.53. The quantitative estimate of drug-likeness (QED) is 0.200. The van der Waals surface area contributed by atoms with Gasteiger partial charge in [-0.05, 0) is 66.3 Å². The van der Waals surface area contributed by atoms with E-state index in [1.54, 1.807) is 0 Å². The Morgan fingerprint density at radius 1 is 1.00 bits per heavy atom. The van der Waals surface area contributed by atoms with E-state index in [-0.39, 0.29) is 48.2 Å². The van der Waals surface area contributed by atoms with Crippen molar-refractivity contribution in [3.8, 4) is 5.75 Å². The predicted molar refractivity (Wildman–Crippen MR) is 183 cm³/mol. The predicted octanol–water partition coefficient (Wildman–Crippen LogP) is 2.35. The number of anilines is 1. The molecule has 0 spiro atoms. The summed E-state index contributed by atoms with van der Waals surface area (Å²) in [6, 6.07) is 9.61. The fourth-order valence-electron chi connectivity index (χ4n) is 8.57. The summed E-state index contributed by atoms with van der Waals surface area (Å²) < 4.78 is 6.13. The second-order valence-electron chi connectivity index (χ2n) is 14.5. The lowest BCUT2D eigenvalue weighted by molar-refractivity contribution is -0.195. The van der Waals surface area contributed by atoms with Gasteiger partial charge in [-0.3, -0.25) is 14.4 Å². The molecule has 1 aliphatic heterocycles. The zero-order chi connectivity index (χ0) is 36.4. The molecular formula is C38H46N2O10. The second kappa shape index (κ2) is 13.1. The summed E-state index contributed by atoms with van der Waals surface area (Å²) in [5.41, 5.74) is 5.49. The molecule has 12 nitrogen and oxygen atoms in total. The molecule has 268 valence electrons. The molecule has 8 N–H and O–H groups in total. The van der Waals surface area contributed by atoms with Crippen molar-refractivity contribution in [3.63, 3.8) is 0 Å². The van der Waals surface area contributed by atoms with Crippen LogP contribution in [0.4, 0.5) is 5.69 Å². The number of phenolic OH excluding ortho intramolecular Hbond substituents is 1. The van der Waals surface area contributed by atoms with E-state index >= 15 is 0 Å². The Bertz CT molecular complexity index is 1810. The third-order valence-corrected chi connectivity index (χ3v) is 11.4. The number of nitrogens with two attached hydrogens (primary N) is 1. The number of nitrogens with zero attached hydrogens (tertiary/aromatic N) is 1. The highest BCUT2D eigenvalue weighted by Gasteiger charge is 2.60. The van der Waals surface area contributed by atoms with Gasteiger partial charge in [0.1, 0.15) is 22.8 Å². The van der Waals surface area contributed by atoms with Crippen molar-refractivity contribution in [1.82, 2.24) is 0 Å². The lowest BCUT2D eigenvalue weighted by Crippen LogP contribution is -2.58. The molecule has 1 heterocycles. The van der Waals surface area contributed by atoms with Gasteiger partial charge in [-0.25, -0.2) is 0 Å². The molecule has 0 bridgehead atoms. The molecule has 2 fully saturated rings. The van der Waals surface area contributed by atoms with Crippen molar-refractivity contribution in [2.45, 2.75) is 88.8 Å². The number of aliphatic hydroxyl groups excluding tert-OH is 4. The molecule has 0 aromatic heterocycles. The van der Waals surface area contributed by atoms with E-state index in [1.807, 2.05) is 63.2 Å². The van der Waals surface area contributed by atoms with Crippen LogP contribution in [0.25, 0.3) is 5.76 Å². The van der Waals surface area contributed by atoms with E-state index < -0.39 is 70.3 Å². The fraction of sp³-hybridized carbons (Fsp3) is 0.500. The maximum Gasteiger partial charge on any atom is 0.255 e. The normalized spacial score (nSPS) is 30.9. The van der Waals surface area contributed by atoms with Crippen LogP contribution in [0, 0.1) is 17.8 Å². The Hall–Kier alpha value is -4.23. The number of phenols is 1. The zero-order valence-corrected chi connectivity index (χ0v) is 28.7. The van der Waals surface area contributed by atoms with E-state index in [9.17, 15) is 45.0 Å². The van der Waals surface area contributed by atoms with Gasteiger partial charge in [0.2, 0.25) is 5.78 Å². The molecule has 3 aliphatic carbocycles. The minimum Gasteiger partial charge on any atom is -0.508 e. The number of aryl methyl sites for hydroxylation is 2. The zero-order valence-electron chi connectivity index (χ0n) is 28.7. The molecule has 2 aromatic rings. The lowest BCUT2D eigenvalue weighted by Gasteiger charge is -2.46.